The van der Waals surface area contributed by atoms with E-state index < -0.39 is 96.4 Å². The quantitative estimate of drug-likeness (QED) is 0.0392. The second-order valence-corrected chi connectivity index (χ2v) is 17.0. The molecule has 1 aliphatic heterocycles. The first-order chi connectivity index (χ1) is 33.2. The minimum atomic E-state index is -1.46. The highest BCUT2D eigenvalue weighted by atomic mass is 16.4. The number of nitrogens with one attached hydrogen (secondary N) is 7. The molecule has 19 nitrogen and oxygen atoms in total. The number of carbonyl (C=O) groups excluding carboxylic acids is 8. The number of imide groups is 1. The molecular formula is C50H62N8O11. The molecule has 1 aliphatic rings. The highest BCUT2D eigenvalue weighted by Gasteiger charge is 2.40. The standard InChI is InChI=1S/C50H62N8O11/c1-3-5-15-37(56-50(69)41(58-43(61)22-23-44(58)62)26-32-18-20-34(59)21-19-32)46(65)53-30-42(60)54-39(27-33-29-52-36-17-11-10-14-35(33)36)49(68)55-38(16-6-4-2)48(67)57-40(28-45(63)64)47(66)51-25-24-31-12-8-7-9-13-31/h7-14,17-21,29,37-41,52,59H,3-6,15-16,22-28,30H2,1-2H3,(H,51,66)(H,53,65)(H,54,60)(H,55,68)(H,56,69)(H,57,67)(H,63,64)/t37-,38-,39+,40-,41-/m0/s1. The predicted molar refractivity (Wildman–Crippen MR) is 254 cm³/mol. The number of aromatic amines is 1. The van der Waals surface area contributed by atoms with Crippen LogP contribution in [0.2, 0.25) is 0 Å². The van der Waals surface area contributed by atoms with Crippen molar-refractivity contribution in [3.05, 3.63) is 102 Å². The Hall–Kier alpha value is -7.57. The SMILES string of the molecule is CCCC[C@H](NC(=O)[C@@H](Cc1c[nH]c2ccccc12)NC(=O)CNC(=O)[C@H](CCCC)NC(=O)[C@H](Cc1ccc(O)cc1)N1C(=O)CCC1=O)C(=O)N[C@@H](CC(=O)O)C(=O)NCCc1ccccc1. The summed E-state index contributed by atoms with van der Waals surface area (Å²) < 4.78 is 0. The number of aromatic nitrogens is 1. The molecule has 1 fully saturated rings. The van der Waals surface area contributed by atoms with Crippen LogP contribution in [0.4, 0.5) is 0 Å². The van der Waals surface area contributed by atoms with Crippen molar-refractivity contribution in [2.45, 2.75) is 121 Å². The van der Waals surface area contributed by atoms with Gasteiger partial charge in [0.05, 0.1) is 13.0 Å². The summed E-state index contributed by atoms with van der Waals surface area (Å²) in [6, 6.07) is 16.1. The van der Waals surface area contributed by atoms with Gasteiger partial charge in [0.15, 0.2) is 0 Å². The van der Waals surface area contributed by atoms with Gasteiger partial charge < -0.3 is 47.1 Å². The van der Waals surface area contributed by atoms with E-state index in [2.05, 4.69) is 36.9 Å². The minimum Gasteiger partial charge on any atom is -0.508 e. The number of amides is 8. The number of H-pyrrole nitrogens is 1. The van der Waals surface area contributed by atoms with Crippen molar-refractivity contribution in [2.24, 2.45) is 0 Å². The number of phenols is 1. The number of likely N-dealkylation sites (tertiary alicyclic amines) is 1. The van der Waals surface area contributed by atoms with Crippen LogP contribution in [0.15, 0.2) is 85.1 Å². The third-order valence-electron chi connectivity index (χ3n) is 11.8. The van der Waals surface area contributed by atoms with Crippen molar-refractivity contribution in [1.29, 1.82) is 0 Å². The highest BCUT2D eigenvalue weighted by molar-refractivity contribution is 6.06. The molecule has 69 heavy (non-hydrogen) atoms. The fraction of sp³-hybridized carbons (Fsp3) is 0.420. The Labute approximate surface area is 399 Å². The van der Waals surface area contributed by atoms with Gasteiger partial charge in [0.2, 0.25) is 47.3 Å². The number of carboxylic acid groups (broad SMARTS) is 1. The van der Waals surface area contributed by atoms with Gasteiger partial charge in [-0.15, -0.1) is 0 Å². The maximum Gasteiger partial charge on any atom is 0.305 e. The predicted octanol–water partition coefficient (Wildman–Crippen LogP) is 2.45. The van der Waals surface area contributed by atoms with Gasteiger partial charge in [-0.3, -0.25) is 48.1 Å². The van der Waals surface area contributed by atoms with E-state index >= 15 is 0 Å². The zero-order chi connectivity index (χ0) is 49.9. The van der Waals surface area contributed by atoms with Crippen LogP contribution in [0.5, 0.6) is 5.75 Å². The van der Waals surface area contributed by atoms with E-state index in [-0.39, 0.29) is 50.8 Å². The number of aromatic hydroxyl groups is 1. The Kier molecular flexibility index (Phi) is 19.8. The van der Waals surface area contributed by atoms with Crippen LogP contribution in [-0.2, 0) is 62.4 Å². The monoisotopic (exact) mass is 950 g/mol. The average molecular weight is 951 g/mol. The molecule has 3 aromatic carbocycles. The molecule has 0 saturated carbocycles. The Morgan fingerprint density at radius 3 is 1.87 bits per heavy atom. The molecule has 368 valence electrons. The number of carboxylic acids is 1. The van der Waals surface area contributed by atoms with Crippen LogP contribution in [0, 0.1) is 0 Å². The lowest BCUT2D eigenvalue weighted by molar-refractivity contribution is -0.147. The lowest BCUT2D eigenvalue weighted by atomic mass is 10.0. The van der Waals surface area contributed by atoms with Gasteiger partial charge in [0.25, 0.3) is 0 Å². The van der Waals surface area contributed by atoms with Gasteiger partial charge in [0.1, 0.15) is 36.0 Å². The Balaban J connectivity index is 1.29. The summed E-state index contributed by atoms with van der Waals surface area (Å²) in [5.41, 5.74) is 2.91. The maximum atomic E-state index is 14.3. The summed E-state index contributed by atoms with van der Waals surface area (Å²) in [4.78, 5) is 124. The summed E-state index contributed by atoms with van der Waals surface area (Å²) in [6.45, 7) is 3.31. The van der Waals surface area contributed by atoms with Crippen LogP contribution >= 0.6 is 0 Å². The zero-order valence-corrected chi connectivity index (χ0v) is 38.9. The number of nitrogens with zero attached hydrogens (tertiary/aromatic N) is 1. The topological polar surface area (TPSA) is 285 Å². The molecular weight excluding hydrogens is 889 g/mol. The zero-order valence-electron chi connectivity index (χ0n) is 38.9. The van der Waals surface area contributed by atoms with Crippen molar-refractivity contribution >= 4 is 64.1 Å². The maximum absolute atomic E-state index is 14.3. The van der Waals surface area contributed by atoms with Crippen LogP contribution in [-0.4, -0.2) is 117 Å². The minimum absolute atomic E-state index is 0.0158. The lowest BCUT2D eigenvalue weighted by Crippen LogP contribution is -2.58. The molecule has 9 N–H and O–H groups in total. The second kappa shape index (κ2) is 26.1. The molecule has 8 amide bonds. The molecule has 2 heterocycles. The van der Waals surface area contributed by atoms with Gasteiger partial charge in [-0.1, -0.05) is 100 Å². The molecule has 0 unspecified atom stereocenters. The summed E-state index contributed by atoms with van der Waals surface area (Å²) in [5, 5.41) is 36.0. The highest BCUT2D eigenvalue weighted by Crippen LogP contribution is 2.22. The molecule has 1 aromatic heterocycles. The number of hydrogen-bond donors (Lipinski definition) is 9. The molecule has 0 aliphatic carbocycles. The first kappa shape index (κ1) is 52.4. The fourth-order valence-electron chi connectivity index (χ4n) is 8.01. The first-order valence-corrected chi connectivity index (χ1v) is 23.4. The molecule has 0 spiro atoms. The Morgan fingerprint density at radius 2 is 1.22 bits per heavy atom. The number of unbranched alkanes of at least 4 members (excludes halogenated alkanes) is 2. The fourth-order valence-corrected chi connectivity index (χ4v) is 8.01. The number of carbonyl (C=O) groups is 9. The number of phenolic OH excluding ortho intramolecular Hbond substituents is 1. The van der Waals surface area contributed by atoms with Gasteiger partial charge in [-0.2, -0.15) is 0 Å². The second-order valence-electron chi connectivity index (χ2n) is 17.0. The molecule has 1 saturated heterocycles. The van der Waals surface area contributed by atoms with Crippen LogP contribution in [0.1, 0.15) is 88.3 Å². The smallest absolute Gasteiger partial charge is 0.305 e. The Morgan fingerprint density at radius 1 is 0.638 bits per heavy atom. The molecule has 0 bridgehead atoms. The number of fused-ring (bicyclic) bond motifs is 1. The van der Waals surface area contributed by atoms with E-state index in [1.807, 2.05) is 68.4 Å². The van der Waals surface area contributed by atoms with E-state index in [0.29, 0.717) is 43.2 Å². The van der Waals surface area contributed by atoms with E-state index in [1.54, 1.807) is 18.3 Å². The largest absolute Gasteiger partial charge is 0.508 e. The first-order valence-electron chi connectivity index (χ1n) is 23.4. The summed E-state index contributed by atoms with van der Waals surface area (Å²) in [6.07, 6.45) is 3.65. The van der Waals surface area contributed by atoms with Crippen LogP contribution < -0.4 is 31.9 Å². The van der Waals surface area contributed by atoms with Crippen molar-refractivity contribution in [1.82, 2.24) is 41.8 Å². The molecule has 5 rings (SSSR count). The number of benzene rings is 3. The summed E-state index contributed by atoms with van der Waals surface area (Å²) in [7, 11) is 0. The molecule has 4 aromatic rings. The van der Waals surface area contributed by atoms with Crippen molar-refractivity contribution < 1.29 is 53.4 Å². The van der Waals surface area contributed by atoms with Gasteiger partial charge in [-0.05, 0) is 54.2 Å². The van der Waals surface area contributed by atoms with Crippen molar-refractivity contribution in [3.63, 3.8) is 0 Å². The van der Waals surface area contributed by atoms with Gasteiger partial charge in [-0.25, -0.2) is 0 Å². The number of aliphatic carboxylic acids is 1. The third-order valence-corrected chi connectivity index (χ3v) is 11.8. The summed E-state index contributed by atoms with van der Waals surface area (Å²) in [5.74, 6) is -6.97. The van der Waals surface area contributed by atoms with E-state index in [9.17, 15) is 53.4 Å². The van der Waals surface area contributed by atoms with Gasteiger partial charge in [0, 0.05) is 49.3 Å². The lowest BCUT2D eigenvalue weighted by Gasteiger charge is -2.28. The van der Waals surface area contributed by atoms with Crippen LogP contribution in [0.3, 0.4) is 0 Å². The third kappa shape index (κ3) is 15.8. The Bertz CT molecular complexity index is 2430. The van der Waals surface area contributed by atoms with E-state index in [4.69, 9.17) is 0 Å². The number of para-hydroxylation sites is 1. The number of hydrogen-bond acceptors (Lipinski definition) is 10. The van der Waals surface area contributed by atoms with Crippen molar-refractivity contribution in [2.75, 3.05) is 13.1 Å². The summed E-state index contributed by atoms with van der Waals surface area (Å²) >= 11 is 0. The average Bonchev–Trinajstić information content (AvgIpc) is 3.90. The van der Waals surface area contributed by atoms with Crippen molar-refractivity contribution in [3.8, 4) is 5.75 Å². The normalized spacial score (nSPS) is 14.5. The number of rotatable bonds is 27. The molecule has 0 radical (unpaired) electrons. The molecule has 19 heteroatoms. The van der Waals surface area contributed by atoms with E-state index in [1.165, 1.54) is 12.1 Å². The van der Waals surface area contributed by atoms with E-state index in [0.717, 1.165) is 21.4 Å². The van der Waals surface area contributed by atoms with Gasteiger partial charge >= 0.3 is 5.97 Å². The van der Waals surface area contributed by atoms with Crippen LogP contribution in [0.25, 0.3) is 10.9 Å². The molecule has 5 atom stereocenters.